The van der Waals surface area contributed by atoms with Crippen LogP contribution >= 0.6 is 0 Å². The first-order valence-corrected chi connectivity index (χ1v) is 7.34. The highest BCUT2D eigenvalue weighted by Gasteiger charge is 2.22. The standard InChI is InChI=1S/C15H20F2N4O/c1-2-18-15(20-9-14(22)21-12-4-5-12)19-8-10-7-11(16)3-6-13(10)17/h3,6-7,12H,2,4-5,8-9H2,1H3,(H,21,22)(H2,18,19,20). The van der Waals surface area contributed by atoms with Gasteiger partial charge in [0.25, 0.3) is 0 Å². The summed E-state index contributed by atoms with van der Waals surface area (Å²) in [7, 11) is 0. The maximum Gasteiger partial charge on any atom is 0.239 e. The molecule has 0 aliphatic heterocycles. The summed E-state index contributed by atoms with van der Waals surface area (Å²) in [6, 6.07) is 3.55. The van der Waals surface area contributed by atoms with Crippen LogP contribution in [0.3, 0.4) is 0 Å². The van der Waals surface area contributed by atoms with Gasteiger partial charge in [0.15, 0.2) is 5.96 Å². The molecule has 5 nitrogen and oxygen atoms in total. The molecule has 0 saturated heterocycles. The van der Waals surface area contributed by atoms with Crippen LogP contribution in [-0.4, -0.2) is 31.0 Å². The molecule has 1 fully saturated rings. The summed E-state index contributed by atoms with van der Waals surface area (Å²) in [5.74, 6) is -0.733. The fourth-order valence-electron chi connectivity index (χ4n) is 1.84. The van der Waals surface area contributed by atoms with Crippen molar-refractivity contribution in [2.24, 2.45) is 4.99 Å². The highest BCUT2D eigenvalue weighted by molar-refractivity contribution is 5.86. The lowest BCUT2D eigenvalue weighted by Crippen LogP contribution is -2.43. The van der Waals surface area contributed by atoms with Crippen LogP contribution in [0.1, 0.15) is 25.3 Å². The highest BCUT2D eigenvalue weighted by atomic mass is 19.1. The lowest BCUT2D eigenvalue weighted by molar-refractivity contribution is -0.120. The third kappa shape index (κ3) is 5.31. The highest BCUT2D eigenvalue weighted by Crippen LogP contribution is 2.18. The van der Waals surface area contributed by atoms with Gasteiger partial charge in [-0.15, -0.1) is 0 Å². The van der Waals surface area contributed by atoms with Gasteiger partial charge in [-0.1, -0.05) is 0 Å². The Morgan fingerprint density at radius 2 is 2.09 bits per heavy atom. The molecule has 0 radical (unpaired) electrons. The molecule has 1 aliphatic carbocycles. The van der Waals surface area contributed by atoms with Crippen LogP contribution in [0.2, 0.25) is 0 Å². The van der Waals surface area contributed by atoms with Gasteiger partial charge in [-0.05, 0) is 38.0 Å². The van der Waals surface area contributed by atoms with Gasteiger partial charge in [0, 0.05) is 18.2 Å². The van der Waals surface area contributed by atoms with Gasteiger partial charge in [0.05, 0.1) is 13.1 Å². The molecular weight excluding hydrogens is 290 g/mol. The van der Waals surface area contributed by atoms with Gasteiger partial charge in [0.2, 0.25) is 5.91 Å². The molecule has 1 aliphatic rings. The van der Waals surface area contributed by atoms with Gasteiger partial charge < -0.3 is 16.0 Å². The number of nitrogens with one attached hydrogen (secondary N) is 3. The number of amides is 1. The van der Waals surface area contributed by atoms with Gasteiger partial charge in [0.1, 0.15) is 11.6 Å². The van der Waals surface area contributed by atoms with Crippen LogP contribution in [-0.2, 0) is 11.3 Å². The quantitative estimate of drug-likeness (QED) is 0.548. The van der Waals surface area contributed by atoms with E-state index in [0.29, 0.717) is 18.5 Å². The van der Waals surface area contributed by atoms with Crippen molar-refractivity contribution in [3.8, 4) is 0 Å². The predicted octanol–water partition coefficient (Wildman–Crippen LogP) is 1.30. The summed E-state index contributed by atoms with van der Waals surface area (Å²) in [4.78, 5) is 15.8. The van der Waals surface area contributed by atoms with Gasteiger partial charge in [-0.2, -0.15) is 0 Å². The van der Waals surface area contributed by atoms with Crippen LogP contribution in [0.4, 0.5) is 8.78 Å². The molecule has 0 aromatic heterocycles. The predicted molar refractivity (Wildman–Crippen MR) is 80.3 cm³/mol. The van der Waals surface area contributed by atoms with E-state index in [4.69, 9.17) is 0 Å². The lowest BCUT2D eigenvalue weighted by atomic mass is 10.2. The number of hydrogen-bond acceptors (Lipinski definition) is 2. The van der Waals surface area contributed by atoms with E-state index in [-0.39, 0.29) is 24.6 Å². The zero-order valence-electron chi connectivity index (χ0n) is 12.5. The van der Waals surface area contributed by atoms with Crippen molar-refractivity contribution in [1.29, 1.82) is 0 Å². The van der Waals surface area contributed by atoms with E-state index >= 15 is 0 Å². The van der Waals surface area contributed by atoms with Crippen molar-refractivity contribution < 1.29 is 13.6 Å². The second-order valence-corrected chi connectivity index (χ2v) is 5.13. The van der Waals surface area contributed by atoms with E-state index in [1.165, 1.54) is 0 Å². The van der Waals surface area contributed by atoms with E-state index in [1.54, 1.807) is 0 Å². The van der Waals surface area contributed by atoms with Crippen LogP contribution in [0.25, 0.3) is 0 Å². The third-order valence-corrected chi connectivity index (χ3v) is 3.12. The van der Waals surface area contributed by atoms with Crippen LogP contribution in [0.5, 0.6) is 0 Å². The Kier molecular flexibility index (Phi) is 5.68. The van der Waals surface area contributed by atoms with E-state index in [2.05, 4.69) is 20.9 Å². The molecular formula is C15H20F2N4O. The molecule has 0 heterocycles. The summed E-state index contributed by atoms with van der Waals surface area (Å²) < 4.78 is 26.6. The normalized spacial score (nSPS) is 14.6. The van der Waals surface area contributed by atoms with E-state index in [1.807, 2.05) is 6.92 Å². The minimum atomic E-state index is -0.507. The van der Waals surface area contributed by atoms with Crippen molar-refractivity contribution >= 4 is 11.9 Å². The monoisotopic (exact) mass is 310 g/mol. The van der Waals surface area contributed by atoms with Crippen LogP contribution in [0.15, 0.2) is 23.2 Å². The number of carbonyl (C=O) groups excluding carboxylic acids is 1. The molecule has 0 spiro atoms. The van der Waals surface area contributed by atoms with Crippen molar-refractivity contribution in [3.05, 3.63) is 35.4 Å². The molecule has 1 amide bonds. The molecule has 22 heavy (non-hydrogen) atoms. The van der Waals surface area contributed by atoms with Gasteiger partial charge in [-0.3, -0.25) is 4.79 Å². The van der Waals surface area contributed by atoms with Gasteiger partial charge in [-0.25, -0.2) is 13.8 Å². The minimum Gasteiger partial charge on any atom is -0.357 e. The summed E-state index contributed by atoms with van der Waals surface area (Å²) >= 11 is 0. The average Bonchev–Trinajstić information content (AvgIpc) is 3.29. The Balaban J connectivity index is 1.90. The Morgan fingerprint density at radius 1 is 1.32 bits per heavy atom. The maximum absolute atomic E-state index is 13.5. The van der Waals surface area contributed by atoms with E-state index in [0.717, 1.165) is 31.0 Å². The molecule has 2 rings (SSSR count). The first-order valence-electron chi connectivity index (χ1n) is 7.34. The Bertz CT molecular complexity index is 558. The molecule has 1 saturated carbocycles. The van der Waals surface area contributed by atoms with Crippen LogP contribution < -0.4 is 16.0 Å². The van der Waals surface area contributed by atoms with E-state index < -0.39 is 11.6 Å². The number of nitrogens with zero attached hydrogens (tertiary/aromatic N) is 1. The lowest BCUT2D eigenvalue weighted by Gasteiger charge is -2.11. The average molecular weight is 310 g/mol. The van der Waals surface area contributed by atoms with Crippen LogP contribution in [0, 0.1) is 11.6 Å². The Morgan fingerprint density at radius 3 is 2.77 bits per heavy atom. The first kappa shape index (κ1) is 16.2. The number of hydrogen-bond donors (Lipinski definition) is 3. The van der Waals surface area contributed by atoms with E-state index in [9.17, 15) is 13.6 Å². The molecule has 0 atom stereocenters. The molecule has 1 aromatic rings. The zero-order chi connectivity index (χ0) is 15.9. The maximum atomic E-state index is 13.5. The SMILES string of the molecule is CCNC(=NCc1cc(F)ccc1F)NCC(=O)NC1CC1. The molecule has 3 N–H and O–H groups in total. The minimum absolute atomic E-state index is 0.0107. The smallest absolute Gasteiger partial charge is 0.239 e. The fourth-order valence-corrected chi connectivity index (χ4v) is 1.84. The fraction of sp³-hybridized carbons (Fsp3) is 0.467. The third-order valence-electron chi connectivity index (χ3n) is 3.12. The Labute approximate surface area is 128 Å². The van der Waals surface area contributed by atoms with Crippen molar-refractivity contribution in [2.75, 3.05) is 13.1 Å². The summed E-state index contributed by atoms with van der Waals surface area (Å²) in [6.45, 7) is 2.56. The second kappa shape index (κ2) is 7.72. The summed E-state index contributed by atoms with van der Waals surface area (Å²) in [5.41, 5.74) is 0.166. The molecule has 120 valence electrons. The summed E-state index contributed by atoms with van der Waals surface area (Å²) in [6.07, 6.45) is 2.05. The largest absolute Gasteiger partial charge is 0.357 e. The van der Waals surface area contributed by atoms with Gasteiger partial charge >= 0.3 is 0 Å². The number of aliphatic imine (C=N–C) groups is 1. The number of rotatable bonds is 6. The zero-order valence-corrected chi connectivity index (χ0v) is 12.5. The number of halogens is 2. The molecule has 0 bridgehead atoms. The number of guanidine groups is 1. The van der Waals surface area contributed by atoms with Crippen molar-refractivity contribution in [1.82, 2.24) is 16.0 Å². The van der Waals surface area contributed by atoms with Crippen molar-refractivity contribution in [3.63, 3.8) is 0 Å². The van der Waals surface area contributed by atoms with Crippen molar-refractivity contribution in [2.45, 2.75) is 32.4 Å². The topological polar surface area (TPSA) is 65.5 Å². The molecule has 1 aromatic carbocycles. The molecule has 0 unspecified atom stereocenters. The second-order valence-electron chi connectivity index (χ2n) is 5.13. The number of benzene rings is 1. The summed E-state index contributed by atoms with van der Waals surface area (Å²) in [5, 5.41) is 8.67. The number of carbonyl (C=O) groups is 1. The molecule has 7 heteroatoms. The first-order chi connectivity index (χ1) is 10.6. The Hall–Kier alpha value is -2.18.